The second-order valence-electron chi connectivity index (χ2n) is 8.55. The van der Waals surface area contributed by atoms with Crippen LogP contribution in [0.25, 0.3) is 11.3 Å². The summed E-state index contributed by atoms with van der Waals surface area (Å²) in [6.45, 7) is 8.69. The number of likely N-dealkylation sites (tertiary alicyclic amines) is 1. The summed E-state index contributed by atoms with van der Waals surface area (Å²) in [4.78, 5) is 14.7. The summed E-state index contributed by atoms with van der Waals surface area (Å²) in [5.41, 5.74) is 1.80. The number of aromatic amines is 1. The van der Waals surface area contributed by atoms with E-state index in [1.807, 2.05) is 18.7 Å². The Morgan fingerprint density at radius 1 is 1.38 bits per heavy atom. The van der Waals surface area contributed by atoms with Gasteiger partial charge in [0.15, 0.2) is 0 Å². The maximum atomic E-state index is 14.0. The van der Waals surface area contributed by atoms with Gasteiger partial charge in [-0.1, -0.05) is 6.08 Å². The van der Waals surface area contributed by atoms with E-state index < -0.39 is 5.60 Å². The van der Waals surface area contributed by atoms with Crippen molar-refractivity contribution in [1.29, 1.82) is 0 Å². The molecule has 29 heavy (non-hydrogen) atoms. The van der Waals surface area contributed by atoms with Crippen molar-refractivity contribution in [2.45, 2.75) is 51.6 Å². The van der Waals surface area contributed by atoms with Crippen LogP contribution in [0.4, 0.5) is 4.39 Å². The quantitative estimate of drug-likeness (QED) is 0.680. The minimum Gasteiger partial charge on any atom is -0.390 e. The van der Waals surface area contributed by atoms with E-state index >= 15 is 0 Å². The van der Waals surface area contributed by atoms with Crippen molar-refractivity contribution in [2.75, 3.05) is 13.1 Å². The fraction of sp³-hybridized carbons (Fsp3) is 0.478. The first-order valence-electron chi connectivity index (χ1n) is 10.2. The highest BCUT2D eigenvalue weighted by Gasteiger charge is 2.28. The van der Waals surface area contributed by atoms with Crippen molar-refractivity contribution >= 4 is 5.91 Å². The van der Waals surface area contributed by atoms with E-state index in [0.29, 0.717) is 48.8 Å². The molecule has 1 aliphatic rings. The fourth-order valence-electron chi connectivity index (χ4n) is 3.98. The minimum atomic E-state index is -0.672. The van der Waals surface area contributed by atoms with Crippen LogP contribution in [0.15, 0.2) is 36.9 Å². The first-order valence-corrected chi connectivity index (χ1v) is 10.2. The molecule has 1 fully saturated rings. The number of piperidine rings is 1. The van der Waals surface area contributed by atoms with Crippen LogP contribution in [0.3, 0.4) is 0 Å². The van der Waals surface area contributed by atoms with Gasteiger partial charge in [-0.15, -0.1) is 6.58 Å². The number of nitrogens with one attached hydrogen (secondary N) is 1. The van der Waals surface area contributed by atoms with Crippen LogP contribution in [0.2, 0.25) is 0 Å². The number of rotatable bonds is 7. The average Bonchev–Trinajstić information content (AvgIpc) is 3.16. The first kappa shape index (κ1) is 21.2. The van der Waals surface area contributed by atoms with Crippen molar-refractivity contribution < 1.29 is 14.3 Å². The minimum absolute atomic E-state index is 0.0700. The molecule has 1 aromatic heterocycles. The number of amides is 1. The summed E-state index contributed by atoms with van der Waals surface area (Å²) >= 11 is 0. The zero-order valence-electron chi connectivity index (χ0n) is 17.2. The molecule has 0 atom stereocenters. The van der Waals surface area contributed by atoms with Crippen molar-refractivity contribution in [3.63, 3.8) is 0 Å². The van der Waals surface area contributed by atoms with Gasteiger partial charge in [0.05, 0.1) is 11.3 Å². The Hall–Kier alpha value is -2.47. The number of aryl methyl sites for hydroxylation is 1. The predicted molar refractivity (Wildman–Crippen MR) is 112 cm³/mol. The van der Waals surface area contributed by atoms with Crippen LogP contribution in [0.1, 0.15) is 55.6 Å². The molecule has 1 aliphatic heterocycles. The van der Waals surface area contributed by atoms with Gasteiger partial charge in [-0.3, -0.25) is 9.89 Å². The number of aliphatic hydroxyl groups is 1. The van der Waals surface area contributed by atoms with Gasteiger partial charge < -0.3 is 10.0 Å². The number of allylic oxidation sites excluding steroid dienone is 1. The molecule has 2 N–H and O–H groups in total. The van der Waals surface area contributed by atoms with Gasteiger partial charge in [0.25, 0.3) is 5.91 Å². The molecular formula is C23H30FN3O2. The SMILES string of the molecule is C=CCCc1cc(-c2cc(C(=O)N3CCC(CC(C)(C)O)CC3)[nH]n2)ccc1F. The second kappa shape index (κ2) is 8.91. The molecule has 0 radical (unpaired) electrons. The Morgan fingerprint density at radius 2 is 2.10 bits per heavy atom. The number of hydrogen-bond acceptors (Lipinski definition) is 3. The van der Waals surface area contributed by atoms with E-state index in [9.17, 15) is 14.3 Å². The highest BCUT2D eigenvalue weighted by atomic mass is 19.1. The third kappa shape index (κ3) is 5.54. The van der Waals surface area contributed by atoms with Crippen molar-refractivity contribution in [3.8, 4) is 11.3 Å². The normalized spacial score (nSPS) is 15.5. The van der Waals surface area contributed by atoms with Crippen molar-refractivity contribution in [2.24, 2.45) is 5.92 Å². The average molecular weight is 400 g/mol. The van der Waals surface area contributed by atoms with Gasteiger partial charge in [0.1, 0.15) is 11.5 Å². The zero-order chi connectivity index (χ0) is 21.0. The molecule has 0 bridgehead atoms. The third-order valence-electron chi connectivity index (χ3n) is 5.46. The lowest BCUT2D eigenvalue weighted by Crippen LogP contribution is -2.40. The monoisotopic (exact) mass is 399 g/mol. The smallest absolute Gasteiger partial charge is 0.271 e. The molecular weight excluding hydrogens is 369 g/mol. The van der Waals surface area contributed by atoms with Gasteiger partial charge in [0, 0.05) is 18.7 Å². The molecule has 5 nitrogen and oxygen atoms in total. The summed E-state index contributed by atoms with van der Waals surface area (Å²) in [6.07, 6.45) is 5.58. The summed E-state index contributed by atoms with van der Waals surface area (Å²) in [5.74, 6) is 0.125. The Kier molecular flexibility index (Phi) is 6.52. The number of hydrogen-bond donors (Lipinski definition) is 2. The molecule has 1 saturated heterocycles. The molecule has 0 unspecified atom stereocenters. The number of aromatic nitrogens is 2. The van der Waals surface area contributed by atoms with Crippen LogP contribution in [-0.2, 0) is 6.42 Å². The number of benzene rings is 1. The molecule has 156 valence electrons. The Balaban J connectivity index is 1.66. The van der Waals surface area contributed by atoms with E-state index in [1.165, 1.54) is 6.07 Å². The standard InChI is InChI=1S/C23H30FN3O2/c1-4-5-6-17-13-18(7-8-19(17)24)20-14-21(26-25-20)22(28)27-11-9-16(10-12-27)15-23(2,3)29/h4,7-8,13-14,16,29H,1,5-6,9-12,15H2,2-3H3,(H,25,26). The third-order valence-corrected chi connectivity index (χ3v) is 5.46. The number of carbonyl (C=O) groups excluding carboxylic acids is 1. The van der Waals surface area contributed by atoms with E-state index in [0.717, 1.165) is 24.8 Å². The molecule has 2 aromatic rings. The van der Waals surface area contributed by atoms with Gasteiger partial charge in [-0.2, -0.15) is 5.10 Å². The summed E-state index contributed by atoms with van der Waals surface area (Å²) in [5, 5.41) is 17.1. The highest BCUT2D eigenvalue weighted by molar-refractivity contribution is 5.93. The summed E-state index contributed by atoms with van der Waals surface area (Å²) in [6, 6.07) is 6.64. The number of H-pyrrole nitrogens is 1. The predicted octanol–water partition coefficient (Wildman–Crippen LogP) is 4.35. The summed E-state index contributed by atoms with van der Waals surface area (Å²) in [7, 11) is 0. The molecule has 0 saturated carbocycles. The molecule has 3 rings (SSSR count). The Morgan fingerprint density at radius 3 is 2.76 bits per heavy atom. The van der Waals surface area contributed by atoms with Gasteiger partial charge in [0.2, 0.25) is 0 Å². The Bertz CT molecular complexity index is 861. The largest absolute Gasteiger partial charge is 0.390 e. The maximum Gasteiger partial charge on any atom is 0.271 e. The molecule has 2 heterocycles. The van der Waals surface area contributed by atoms with E-state index in [-0.39, 0.29) is 11.7 Å². The topological polar surface area (TPSA) is 69.2 Å². The highest BCUT2D eigenvalue weighted by Crippen LogP contribution is 2.27. The van der Waals surface area contributed by atoms with Crippen LogP contribution in [0.5, 0.6) is 0 Å². The lowest BCUT2D eigenvalue weighted by Gasteiger charge is -2.34. The van der Waals surface area contributed by atoms with Crippen LogP contribution < -0.4 is 0 Å². The summed E-state index contributed by atoms with van der Waals surface area (Å²) < 4.78 is 14.0. The molecule has 1 aromatic carbocycles. The van der Waals surface area contributed by atoms with Gasteiger partial charge >= 0.3 is 0 Å². The van der Waals surface area contributed by atoms with Crippen molar-refractivity contribution in [1.82, 2.24) is 15.1 Å². The van der Waals surface area contributed by atoms with E-state index in [2.05, 4.69) is 16.8 Å². The number of carbonyl (C=O) groups is 1. The lowest BCUT2D eigenvalue weighted by molar-refractivity contribution is 0.0357. The second-order valence-corrected chi connectivity index (χ2v) is 8.55. The molecule has 1 amide bonds. The zero-order valence-corrected chi connectivity index (χ0v) is 17.2. The fourth-order valence-corrected chi connectivity index (χ4v) is 3.98. The first-order chi connectivity index (χ1) is 13.8. The van der Waals surface area contributed by atoms with Crippen LogP contribution in [0, 0.1) is 11.7 Å². The molecule has 0 aliphatic carbocycles. The maximum absolute atomic E-state index is 14.0. The Labute approximate surface area is 171 Å². The van der Waals surface area contributed by atoms with E-state index in [4.69, 9.17) is 0 Å². The van der Waals surface area contributed by atoms with Gasteiger partial charge in [-0.25, -0.2) is 4.39 Å². The van der Waals surface area contributed by atoms with Crippen LogP contribution >= 0.6 is 0 Å². The van der Waals surface area contributed by atoms with Gasteiger partial charge in [-0.05, 0) is 81.7 Å². The number of nitrogens with zero attached hydrogens (tertiary/aromatic N) is 2. The van der Waals surface area contributed by atoms with Crippen LogP contribution in [-0.4, -0.2) is 44.8 Å². The molecule has 6 heteroatoms. The van der Waals surface area contributed by atoms with E-state index in [1.54, 1.807) is 24.3 Å². The lowest BCUT2D eigenvalue weighted by atomic mass is 9.86. The number of halogens is 1. The molecule has 0 spiro atoms. The van der Waals surface area contributed by atoms with Crippen molar-refractivity contribution in [3.05, 3.63) is 54.0 Å².